The van der Waals surface area contributed by atoms with Gasteiger partial charge in [0, 0.05) is 29.5 Å². The number of fused-ring (bicyclic) bond motifs is 3. The average molecular weight is 663 g/mol. The van der Waals surface area contributed by atoms with Crippen LogP contribution in [0.25, 0.3) is 16.6 Å². The largest absolute Gasteiger partial charge is 0.394 e. The summed E-state index contributed by atoms with van der Waals surface area (Å²) < 4.78 is 1.48. The SMILES string of the molecule is C[C@@H](/C=C/CC(=O)N1Cc2ccccc2C[C@H]1CO)[C@]1(O)C(=O)N(Cc2ccc(-n3[nH]c4ccccc4c3=O)cc2)c2ccc(Cl)cc21. The summed E-state index contributed by atoms with van der Waals surface area (Å²) in [5.41, 5.74) is 3.29. The number of aromatic amines is 1. The number of anilines is 1. The lowest BCUT2D eigenvalue weighted by Gasteiger charge is -2.36. The van der Waals surface area contributed by atoms with Crippen LogP contribution < -0.4 is 10.5 Å². The number of rotatable bonds is 8. The molecule has 10 heteroatoms. The van der Waals surface area contributed by atoms with Crippen molar-refractivity contribution in [2.24, 2.45) is 5.92 Å². The normalized spacial score (nSPS) is 19.6. The molecule has 5 aromatic rings. The molecule has 7 rings (SSSR count). The average Bonchev–Trinajstić information content (AvgIpc) is 3.55. The fourth-order valence-corrected chi connectivity index (χ4v) is 7.09. The Labute approximate surface area is 282 Å². The molecule has 48 heavy (non-hydrogen) atoms. The second kappa shape index (κ2) is 12.6. The predicted molar refractivity (Wildman–Crippen MR) is 185 cm³/mol. The number of carbonyl (C=O) groups is 2. The van der Waals surface area contributed by atoms with Gasteiger partial charge in [-0.15, -0.1) is 0 Å². The minimum absolute atomic E-state index is 0.0607. The minimum atomic E-state index is -1.91. The summed E-state index contributed by atoms with van der Waals surface area (Å²) in [4.78, 5) is 43.5. The second-order valence-corrected chi connectivity index (χ2v) is 13.0. The van der Waals surface area contributed by atoms with Crippen LogP contribution >= 0.6 is 11.6 Å². The summed E-state index contributed by atoms with van der Waals surface area (Å²) in [6, 6.07) is 27.3. The van der Waals surface area contributed by atoms with E-state index in [-0.39, 0.29) is 37.1 Å². The Morgan fingerprint density at radius 1 is 1.02 bits per heavy atom. The third-order valence-electron chi connectivity index (χ3n) is 9.62. The topological polar surface area (TPSA) is 119 Å². The van der Waals surface area contributed by atoms with Gasteiger partial charge in [0.25, 0.3) is 11.5 Å². The lowest BCUT2D eigenvalue weighted by atomic mass is 9.83. The highest BCUT2D eigenvalue weighted by molar-refractivity contribution is 6.31. The van der Waals surface area contributed by atoms with Crippen LogP contribution in [0.4, 0.5) is 5.69 Å². The van der Waals surface area contributed by atoms with Crippen LogP contribution in [0.2, 0.25) is 5.02 Å². The van der Waals surface area contributed by atoms with Crippen molar-refractivity contribution < 1.29 is 19.8 Å². The Balaban J connectivity index is 1.09. The van der Waals surface area contributed by atoms with E-state index in [4.69, 9.17) is 11.6 Å². The zero-order valence-electron chi connectivity index (χ0n) is 26.3. The Hall–Kier alpha value is -4.96. The van der Waals surface area contributed by atoms with Gasteiger partial charge in [0.05, 0.1) is 41.5 Å². The number of hydrogen-bond donors (Lipinski definition) is 3. The Morgan fingerprint density at radius 2 is 1.75 bits per heavy atom. The first-order valence-corrected chi connectivity index (χ1v) is 16.3. The number of benzene rings is 4. The third-order valence-corrected chi connectivity index (χ3v) is 9.86. The molecule has 0 radical (unpaired) electrons. The van der Waals surface area contributed by atoms with Gasteiger partial charge in [0.2, 0.25) is 5.91 Å². The number of H-pyrrole nitrogens is 1. The summed E-state index contributed by atoms with van der Waals surface area (Å²) in [7, 11) is 0. The smallest absolute Gasteiger partial charge is 0.279 e. The van der Waals surface area contributed by atoms with E-state index in [1.54, 1.807) is 53.1 Å². The molecular weight excluding hydrogens is 628 g/mol. The molecule has 4 aromatic carbocycles. The van der Waals surface area contributed by atoms with Crippen LogP contribution in [-0.4, -0.2) is 49.4 Å². The summed E-state index contributed by atoms with van der Waals surface area (Å²) in [6.45, 7) is 2.22. The summed E-state index contributed by atoms with van der Waals surface area (Å²) >= 11 is 6.36. The van der Waals surface area contributed by atoms with Crippen LogP contribution in [0.1, 0.15) is 35.6 Å². The molecule has 0 aliphatic carbocycles. The quantitative estimate of drug-likeness (QED) is 0.197. The number of halogens is 1. The first-order chi connectivity index (χ1) is 23.2. The zero-order chi connectivity index (χ0) is 33.6. The molecular formula is C38H35ClN4O5. The van der Waals surface area contributed by atoms with E-state index >= 15 is 0 Å². The van der Waals surface area contributed by atoms with Crippen molar-refractivity contribution in [3.8, 4) is 5.69 Å². The fourth-order valence-electron chi connectivity index (χ4n) is 6.92. The molecule has 2 amide bonds. The number of nitrogens with one attached hydrogen (secondary N) is 1. The monoisotopic (exact) mass is 662 g/mol. The molecule has 1 aromatic heterocycles. The standard InChI is InChI=1S/C38H35ClN4O5/c1-24(7-6-12-35(45)41-22-27-9-3-2-8-26(27)19-30(41)23-44)38(48)32-20-28(39)15-18-34(32)42(37(38)47)21-25-13-16-29(17-14-25)43-36(46)31-10-4-5-11-33(31)40-43/h2-11,13-18,20,24,30,40,44,48H,12,19,21-23H2,1H3/b7-6+/t24-,30-,38+/m0/s1. The number of aromatic nitrogens is 2. The van der Waals surface area contributed by atoms with Gasteiger partial charge >= 0.3 is 0 Å². The first-order valence-electron chi connectivity index (χ1n) is 16.0. The molecule has 0 spiro atoms. The highest BCUT2D eigenvalue weighted by Crippen LogP contribution is 2.46. The number of carbonyl (C=O) groups excluding carboxylic acids is 2. The molecule has 3 heterocycles. The van der Waals surface area contributed by atoms with E-state index in [9.17, 15) is 24.6 Å². The van der Waals surface area contributed by atoms with Crippen molar-refractivity contribution in [2.75, 3.05) is 11.5 Å². The van der Waals surface area contributed by atoms with Crippen molar-refractivity contribution in [2.45, 2.75) is 44.5 Å². The molecule has 0 unspecified atom stereocenters. The lowest BCUT2D eigenvalue weighted by Crippen LogP contribution is -2.46. The molecule has 0 fully saturated rings. The molecule has 0 saturated heterocycles. The summed E-state index contributed by atoms with van der Waals surface area (Å²) in [5, 5.41) is 26.2. The first kappa shape index (κ1) is 31.6. The fraction of sp³-hybridized carbons (Fsp3) is 0.237. The molecule has 0 saturated carbocycles. The highest BCUT2D eigenvalue weighted by atomic mass is 35.5. The van der Waals surface area contributed by atoms with E-state index in [1.807, 2.05) is 66.7 Å². The molecule has 244 valence electrons. The maximum atomic E-state index is 14.1. The predicted octanol–water partition coefficient (Wildman–Crippen LogP) is 5.23. The molecule has 3 N–H and O–H groups in total. The van der Waals surface area contributed by atoms with Gasteiger partial charge in [0.1, 0.15) is 0 Å². The number of aliphatic hydroxyl groups is 2. The second-order valence-electron chi connectivity index (χ2n) is 12.5. The van der Waals surface area contributed by atoms with Gasteiger partial charge < -0.3 is 20.0 Å². The number of hydrogen-bond acceptors (Lipinski definition) is 5. The van der Waals surface area contributed by atoms with E-state index < -0.39 is 17.4 Å². The van der Waals surface area contributed by atoms with E-state index in [2.05, 4.69) is 5.10 Å². The third kappa shape index (κ3) is 5.43. The lowest BCUT2D eigenvalue weighted by molar-refractivity contribution is -0.139. The maximum absolute atomic E-state index is 14.1. The molecule has 2 aliphatic rings. The van der Waals surface area contributed by atoms with Gasteiger partial charge in [-0.2, -0.15) is 0 Å². The number of para-hydroxylation sites is 1. The Bertz CT molecular complexity index is 2120. The summed E-state index contributed by atoms with van der Waals surface area (Å²) in [5.74, 6) is -1.32. The van der Waals surface area contributed by atoms with Crippen molar-refractivity contribution in [3.05, 3.63) is 141 Å². The zero-order valence-corrected chi connectivity index (χ0v) is 27.1. The van der Waals surface area contributed by atoms with Gasteiger partial charge in [-0.3, -0.25) is 19.5 Å². The maximum Gasteiger partial charge on any atom is 0.279 e. The van der Waals surface area contributed by atoms with Gasteiger partial charge in [0.15, 0.2) is 5.60 Å². The number of aliphatic hydroxyl groups excluding tert-OH is 1. The van der Waals surface area contributed by atoms with Crippen LogP contribution in [-0.2, 0) is 34.7 Å². The number of nitrogens with zero attached hydrogens (tertiary/aromatic N) is 3. The van der Waals surface area contributed by atoms with Crippen molar-refractivity contribution >= 4 is 40.0 Å². The molecule has 2 aliphatic heterocycles. The molecule has 9 nitrogen and oxygen atoms in total. The van der Waals surface area contributed by atoms with Crippen LogP contribution in [0.5, 0.6) is 0 Å². The Morgan fingerprint density at radius 3 is 2.50 bits per heavy atom. The van der Waals surface area contributed by atoms with E-state index in [0.717, 1.165) is 22.2 Å². The number of amides is 2. The van der Waals surface area contributed by atoms with E-state index in [0.29, 0.717) is 40.3 Å². The van der Waals surface area contributed by atoms with Crippen molar-refractivity contribution in [1.29, 1.82) is 0 Å². The highest BCUT2D eigenvalue weighted by Gasteiger charge is 2.52. The van der Waals surface area contributed by atoms with Crippen molar-refractivity contribution in [1.82, 2.24) is 14.7 Å². The van der Waals surface area contributed by atoms with Crippen LogP contribution in [0, 0.1) is 5.92 Å². The van der Waals surface area contributed by atoms with Crippen LogP contribution in [0.3, 0.4) is 0 Å². The Kier molecular flexibility index (Phi) is 8.29. The van der Waals surface area contributed by atoms with Crippen molar-refractivity contribution in [3.63, 3.8) is 0 Å². The molecule has 0 bridgehead atoms. The van der Waals surface area contributed by atoms with E-state index in [1.165, 1.54) is 4.68 Å². The van der Waals surface area contributed by atoms with Crippen LogP contribution in [0.15, 0.2) is 108 Å². The van der Waals surface area contributed by atoms with Gasteiger partial charge in [-0.05, 0) is 65.6 Å². The van der Waals surface area contributed by atoms with Gasteiger partial charge in [-0.25, -0.2) is 4.68 Å². The summed E-state index contributed by atoms with van der Waals surface area (Å²) in [6.07, 6.45) is 4.03. The molecule has 3 atom stereocenters. The van der Waals surface area contributed by atoms with Gasteiger partial charge in [-0.1, -0.05) is 79.2 Å². The minimum Gasteiger partial charge on any atom is -0.394 e.